The van der Waals surface area contributed by atoms with E-state index in [4.69, 9.17) is 15.0 Å². The quantitative estimate of drug-likeness (QED) is 0.178. The van der Waals surface area contributed by atoms with Crippen LogP contribution in [0.4, 0.5) is 0 Å². The van der Waals surface area contributed by atoms with Crippen molar-refractivity contribution in [3.8, 4) is 45.0 Å². The third-order valence-corrected chi connectivity index (χ3v) is 11.1. The van der Waals surface area contributed by atoms with E-state index in [0.717, 1.165) is 35.1 Å². The van der Waals surface area contributed by atoms with Crippen molar-refractivity contribution in [3.63, 3.8) is 0 Å². The molecule has 0 unspecified atom stereocenters. The minimum absolute atomic E-state index is 0.340. The lowest BCUT2D eigenvalue weighted by Crippen LogP contribution is -2.26. The standard InChI is InChI=1S/C48H31N3/c1-3-11-33(12-4-1)45-49-46(34-13-5-2-6-14-34)51-47(50-45)35-25-21-30(22-26-35)36-27-28-40-38(29-36)37-17-7-8-18-39(37)48(40)41-19-9-15-31-23-24-32-16-10-20-42(48)44(32)43(31)41/h1,3-5,7-29H,2,6H2. The molecule has 0 atom stereocenters. The first kappa shape index (κ1) is 28.4. The molecular weight excluding hydrogens is 619 g/mol. The largest absolute Gasteiger partial charge is 0.208 e. The van der Waals surface area contributed by atoms with Crippen molar-refractivity contribution in [2.24, 2.45) is 0 Å². The van der Waals surface area contributed by atoms with Crippen LogP contribution < -0.4 is 0 Å². The van der Waals surface area contributed by atoms with Gasteiger partial charge in [0.1, 0.15) is 0 Å². The Bertz CT molecular complexity index is 2730. The molecule has 3 aliphatic rings. The van der Waals surface area contributed by atoms with E-state index in [-0.39, 0.29) is 5.41 Å². The van der Waals surface area contributed by atoms with Crippen LogP contribution in [0.2, 0.25) is 0 Å². The van der Waals surface area contributed by atoms with Crippen LogP contribution in [0.15, 0.2) is 164 Å². The van der Waals surface area contributed by atoms with Gasteiger partial charge in [-0.25, -0.2) is 15.0 Å². The van der Waals surface area contributed by atoms with Gasteiger partial charge in [-0.05, 0) is 85.0 Å². The second kappa shape index (κ2) is 10.8. The fourth-order valence-corrected chi connectivity index (χ4v) is 8.91. The van der Waals surface area contributed by atoms with Gasteiger partial charge in [-0.15, -0.1) is 0 Å². The molecule has 7 aromatic carbocycles. The summed E-state index contributed by atoms with van der Waals surface area (Å²) < 4.78 is 0. The van der Waals surface area contributed by atoms with E-state index < -0.39 is 0 Å². The molecule has 1 aromatic heterocycles. The molecule has 0 saturated carbocycles. The van der Waals surface area contributed by atoms with E-state index in [1.807, 2.05) is 18.2 Å². The first-order valence-electron chi connectivity index (χ1n) is 17.8. The van der Waals surface area contributed by atoms with Gasteiger partial charge in [0.25, 0.3) is 0 Å². The molecule has 0 saturated heterocycles. The minimum atomic E-state index is -0.340. The second-order valence-electron chi connectivity index (χ2n) is 13.8. The Morgan fingerprint density at radius 3 is 1.71 bits per heavy atom. The molecule has 51 heavy (non-hydrogen) atoms. The Labute approximate surface area is 296 Å². The number of aromatic nitrogens is 3. The van der Waals surface area contributed by atoms with Crippen molar-refractivity contribution in [2.45, 2.75) is 18.3 Å². The third kappa shape index (κ3) is 4.03. The predicted molar refractivity (Wildman–Crippen MR) is 208 cm³/mol. The van der Waals surface area contributed by atoms with Crippen LogP contribution in [0.1, 0.15) is 40.9 Å². The molecule has 1 heterocycles. The van der Waals surface area contributed by atoms with Crippen LogP contribution in [-0.4, -0.2) is 15.0 Å². The predicted octanol–water partition coefficient (Wildman–Crippen LogP) is 11.6. The van der Waals surface area contributed by atoms with Crippen LogP contribution in [0.3, 0.4) is 0 Å². The zero-order chi connectivity index (χ0) is 33.5. The van der Waals surface area contributed by atoms with Gasteiger partial charge < -0.3 is 0 Å². The van der Waals surface area contributed by atoms with Crippen molar-refractivity contribution < 1.29 is 0 Å². The van der Waals surface area contributed by atoms with E-state index in [0.29, 0.717) is 17.5 Å². The Hall–Kier alpha value is -6.45. The molecule has 0 radical (unpaired) electrons. The van der Waals surface area contributed by atoms with Crippen LogP contribution in [0, 0.1) is 0 Å². The van der Waals surface area contributed by atoms with Gasteiger partial charge in [-0.3, -0.25) is 0 Å². The van der Waals surface area contributed by atoms with Crippen molar-refractivity contribution in [3.05, 3.63) is 192 Å². The number of hydrogen-bond acceptors (Lipinski definition) is 3. The molecular formula is C48H31N3. The van der Waals surface area contributed by atoms with Crippen LogP contribution in [0.25, 0.3) is 72.1 Å². The highest BCUT2D eigenvalue weighted by atomic mass is 15.0. The number of fused-ring (bicyclic) bond motifs is 7. The Kier molecular flexibility index (Phi) is 6.00. The highest BCUT2D eigenvalue weighted by molar-refractivity contribution is 6.17. The SMILES string of the molecule is C1=CC(c2nc(-c3ccccc3)nc(-c3ccc(-c4ccc5c(c4)-c4ccccc4C54c5cccc6ccc7cccc4c7c56)cc3)n2)=CCC1. The topological polar surface area (TPSA) is 38.7 Å². The monoisotopic (exact) mass is 649 g/mol. The first-order valence-corrected chi connectivity index (χ1v) is 17.8. The van der Waals surface area contributed by atoms with Crippen molar-refractivity contribution in [1.82, 2.24) is 15.0 Å². The van der Waals surface area contributed by atoms with Crippen LogP contribution >= 0.6 is 0 Å². The molecule has 8 aromatic rings. The van der Waals surface area contributed by atoms with Crippen molar-refractivity contribution >= 4 is 27.1 Å². The molecule has 0 amide bonds. The van der Waals surface area contributed by atoms with Crippen LogP contribution in [-0.2, 0) is 5.41 Å². The maximum absolute atomic E-state index is 4.98. The lowest BCUT2D eigenvalue weighted by molar-refractivity contribution is 0.797. The minimum Gasteiger partial charge on any atom is -0.208 e. The normalized spacial score (nSPS) is 14.7. The summed E-state index contributed by atoms with van der Waals surface area (Å²) in [6, 6.07) is 53.2. The summed E-state index contributed by atoms with van der Waals surface area (Å²) in [5, 5.41) is 5.39. The van der Waals surface area contributed by atoms with Gasteiger partial charge in [0.2, 0.25) is 0 Å². The highest BCUT2D eigenvalue weighted by Crippen LogP contribution is 2.62. The molecule has 3 aliphatic carbocycles. The number of rotatable bonds is 4. The van der Waals surface area contributed by atoms with Gasteiger partial charge in [0, 0.05) is 16.7 Å². The van der Waals surface area contributed by atoms with Gasteiger partial charge >= 0.3 is 0 Å². The van der Waals surface area contributed by atoms with E-state index in [2.05, 4.69) is 146 Å². The zero-order valence-corrected chi connectivity index (χ0v) is 27.8. The van der Waals surface area contributed by atoms with E-state index in [1.165, 1.54) is 60.5 Å². The third-order valence-electron chi connectivity index (χ3n) is 11.1. The van der Waals surface area contributed by atoms with E-state index >= 15 is 0 Å². The molecule has 0 bridgehead atoms. The molecule has 3 heteroatoms. The Morgan fingerprint density at radius 1 is 0.412 bits per heavy atom. The zero-order valence-electron chi connectivity index (χ0n) is 27.8. The van der Waals surface area contributed by atoms with Gasteiger partial charge in [0.05, 0.1) is 5.41 Å². The van der Waals surface area contributed by atoms with Gasteiger partial charge in [-0.2, -0.15) is 0 Å². The summed E-state index contributed by atoms with van der Waals surface area (Å²) in [6.45, 7) is 0. The van der Waals surface area contributed by atoms with Gasteiger partial charge in [0.15, 0.2) is 17.5 Å². The molecule has 1 spiro atoms. The van der Waals surface area contributed by atoms with Gasteiger partial charge in [-0.1, -0.05) is 158 Å². The number of nitrogens with zero attached hydrogens (tertiary/aromatic N) is 3. The maximum Gasteiger partial charge on any atom is 0.164 e. The lowest BCUT2D eigenvalue weighted by Gasteiger charge is -2.30. The fourth-order valence-electron chi connectivity index (χ4n) is 8.91. The number of hydrogen-bond donors (Lipinski definition) is 0. The lowest BCUT2D eigenvalue weighted by atomic mass is 9.70. The Morgan fingerprint density at radius 2 is 1.00 bits per heavy atom. The molecule has 3 nitrogen and oxygen atoms in total. The fraction of sp³-hybridized carbons (Fsp3) is 0.0625. The van der Waals surface area contributed by atoms with E-state index in [1.54, 1.807) is 0 Å². The summed E-state index contributed by atoms with van der Waals surface area (Å²) in [6.07, 6.45) is 8.58. The summed E-state index contributed by atoms with van der Waals surface area (Å²) in [7, 11) is 0. The second-order valence-corrected chi connectivity index (χ2v) is 13.8. The smallest absolute Gasteiger partial charge is 0.164 e. The number of benzene rings is 7. The number of allylic oxidation sites excluding steroid dienone is 4. The highest BCUT2D eigenvalue weighted by Gasteiger charge is 2.50. The van der Waals surface area contributed by atoms with E-state index in [9.17, 15) is 0 Å². The summed E-state index contributed by atoms with van der Waals surface area (Å²) >= 11 is 0. The molecule has 11 rings (SSSR count). The first-order chi connectivity index (χ1) is 25.3. The Balaban J connectivity index is 1.03. The molecule has 238 valence electrons. The summed E-state index contributed by atoms with van der Waals surface area (Å²) in [5.41, 5.74) is 13.1. The van der Waals surface area contributed by atoms with Crippen LogP contribution in [0.5, 0.6) is 0 Å². The average molecular weight is 650 g/mol. The van der Waals surface area contributed by atoms with Crippen molar-refractivity contribution in [1.29, 1.82) is 0 Å². The summed E-state index contributed by atoms with van der Waals surface area (Å²) in [4.78, 5) is 14.8. The maximum atomic E-state index is 4.98. The van der Waals surface area contributed by atoms with Crippen molar-refractivity contribution in [2.75, 3.05) is 0 Å². The average Bonchev–Trinajstić information content (AvgIpc) is 3.68. The molecule has 0 N–H and O–H groups in total. The molecule has 0 aliphatic heterocycles. The molecule has 0 fully saturated rings. The summed E-state index contributed by atoms with van der Waals surface area (Å²) in [5.74, 6) is 2.08.